The second kappa shape index (κ2) is 5.71. The van der Waals surface area contributed by atoms with E-state index in [1.54, 1.807) is 12.3 Å². The maximum absolute atomic E-state index is 12.5. The molecule has 1 amide bonds. The van der Waals surface area contributed by atoms with Crippen molar-refractivity contribution in [2.75, 3.05) is 13.1 Å². The van der Waals surface area contributed by atoms with Gasteiger partial charge in [-0.25, -0.2) is 0 Å². The number of amides is 1. The third-order valence-electron chi connectivity index (χ3n) is 4.00. The van der Waals surface area contributed by atoms with Gasteiger partial charge in [-0.3, -0.25) is 9.89 Å². The van der Waals surface area contributed by atoms with Gasteiger partial charge in [0.1, 0.15) is 0 Å². The Morgan fingerprint density at radius 2 is 2.38 bits per heavy atom. The molecule has 0 aliphatic carbocycles. The second-order valence-corrected chi connectivity index (χ2v) is 5.87. The lowest BCUT2D eigenvalue weighted by molar-refractivity contribution is 0.0663. The second-order valence-electron chi connectivity index (χ2n) is 5.87. The standard InChI is InChI=1S/C15H20N4O2/c1-10(2)13-8-14(21-18-13)15(20)19-7-3-4-11(9-19)12-5-6-16-17-12/h5-6,8,10-11H,3-4,7,9H2,1-2H3,(H,16,17). The molecule has 21 heavy (non-hydrogen) atoms. The van der Waals surface area contributed by atoms with E-state index < -0.39 is 0 Å². The zero-order valence-corrected chi connectivity index (χ0v) is 12.4. The van der Waals surface area contributed by atoms with Crippen LogP contribution in [0.25, 0.3) is 0 Å². The minimum atomic E-state index is -0.0707. The summed E-state index contributed by atoms with van der Waals surface area (Å²) in [6, 6.07) is 3.73. The molecule has 0 spiro atoms. The van der Waals surface area contributed by atoms with Crippen LogP contribution in [-0.4, -0.2) is 39.3 Å². The molecule has 1 aliphatic heterocycles. The SMILES string of the molecule is CC(C)c1cc(C(=O)N2CCCC(c3ccn[nH]3)C2)on1. The van der Waals surface area contributed by atoms with Gasteiger partial charge in [0.2, 0.25) is 5.76 Å². The molecule has 3 rings (SSSR count). The molecule has 1 N–H and O–H groups in total. The number of H-pyrrole nitrogens is 1. The number of likely N-dealkylation sites (tertiary alicyclic amines) is 1. The minimum absolute atomic E-state index is 0.0707. The summed E-state index contributed by atoms with van der Waals surface area (Å²) in [5.41, 5.74) is 1.91. The van der Waals surface area contributed by atoms with Crippen LogP contribution in [0.1, 0.15) is 60.5 Å². The average molecular weight is 288 g/mol. The van der Waals surface area contributed by atoms with E-state index in [1.807, 2.05) is 24.8 Å². The number of nitrogens with one attached hydrogen (secondary N) is 1. The van der Waals surface area contributed by atoms with Crippen molar-refractivity contribution in [3.05, 3.63) is 35.5 Å². The van der Waals surface area contributed by atoms with E-state index in [-0.39, 0.29) is 11.8 Å². The van der Waals surface area contributed by atoms with E-state index in [2.05, 4.69) is 15.4 Å². The molecule has 0 radical (unpaired) electrons. The molecule has 2 aromatic heterocycles. The zero-order chi connectivity index (χ0) is 14.8. The predicted molar refractivity (Wildman–Crippen MR) is 77.1 cm³/mol. The Labute approximate surface area is 123 Å². The lowest BCUT2D eigenvalue weighted by atomic mass is 9.95. The number of carbonyl (C=O) groups excluding carboxylic acids is 1. The van der Waals surface area contributed by atoms with Gasteiger partial charge in [0.15, 0.2) is 0 Å². The van der Waals surface area contributed by atoms with Gasteiger partial charge in [-0.2, -0.15) is 5.10 Å². The molecule has 0 bridgehead atoms. The summed E-state index contributed by atoms with van der Waals surface area (Å²) < 4.78 is 5.21. The normalized spacial score (nSPS) is 19.2. The van der Waals surface area contributed by atoms with Crippen LogP contribution in [-0.2, 0) is 0 Å². The molecule has 1 unspecified atom stereocenters. The third kappa shape index (κ3) is 2.84. The molecule has 1 fully saturated rings. The van der Waals surface area contributed by atoms with Crippen molar-refractivity contribution in [3.63, 3.8) is 0 Å². The number of rotatable bonds is 3. The fourth-order valence-electron chi connectivity index (χ4n) is 2.73. The Kier molecular flexibility index (Phi) is 3.77. The molecule has 6 nitrogen and oxygen atoms in total. The van der Waals surface area contributed by atoms with Gasteiger partial charge < -0.3 is 9.42 Å². The van der Waals surface area contributed by atoms with Crippen molar-refractivity contribution in [1.82, 2.24) is 20.3 Å². The van der Waals surface area contributed by atoms with Crippen molar-refractivity contribution in [1.29, 1.82) is 0 Å². The first-order valence-electron chi connectivity index (χ1n) is 7.40. The lowest BCUT2D eigenvalue weighted by Gasteiger charge is -2.31. The molecule has 1 aliphatic rings. The van der Waals surface area contributed by atoms with Gasteiger partial charge in [-0.15, -0.1) is 0 Å². The van der Waals surface area contributed by atoms with Crippen molar-refractivity contribution in [2.24, 2.45) is 0 Å². The largest absolute Gasteiger partial charge is 0.351 e. The van der Waals surface area contributed by atoms with Crippen LogP contribution in [0.3, 0.4) is 0 Å². The monoisotopic (exact) mass is 288 g/mol. The maximum atomic E-state index is 12.5. The van der Waals surface area contributed by atoms with E-state index in [9.17, 15) is 4.79 Å². The minimum Gasteiger partial charge on any atom is -0.351 e. The number of hydrogen-bond donors (Lipinski definition) is 1. The molecule has 1 saturated heterocycles. The Morgan fingerprint density at radius 1 is 1.52 bits per heavy atom. The number of aromatic nitrogens is 3. The molecule has 2 aromatic rings. The van der Waals surface area contributed by atoms with Crippen LogP contribution < -0.4 is 0 Å². The summed E-state index contributed by atoms with van der Waals surface area (Å²) in [6.07, 6.45) is 3.81. The van der Waals surface area contributed by atoms with E-state index in [0.717, 1.165) is 30.8 Å². The van der Waals surface area contributed by atoms with Crippen molar-refractivity contribution in [2.45, 2.75) is 38.5 Å². The average Bonchev–Trinajstić information content (AvgIpc) is 3.18. The highest BCUT2D eigenvalue weighted by atomic mass is 16.5. The first-order valence-corrected chi connectivity index (χ1v) is 7.40. The topological polar surface area (TPSA) is 75.0 Å². The Balaban J connectivity index is 1.71. The molecule has 0 saturated carbocycles. The fraction of sp³-hybridized carbons (Fsp3) is 0.533. The van der Waals surface area contributed by atoms with E-state index in [0.29, 0.717) is 18.2 Å². The van der Waals surface area contributed by atoms with Gasteiger partial charge in [-0.1, -0.05) is 19.0 Å². The smallest absolute Gasteiger partial charge is 0.292 e. The summed E-state index contributed by atoms with van der Waals surface area (Å²) in [5.74, 6) is 0.842. The molecule has 112 valence electrons. The van der Waals surface area contributed by atoms with E-state index in [4.69, 9.17) is 4.52 Å². The highest BCUT2D eigenvalue weighted by molar-refractivity contribution is 5.91. The van der Waals surface area contributed by atoms with Crippen molar-refractivity contribution in [3.8, 4) is 0 Å². The number of aromatic amines is 1. The summed E-state index contributed by atoms with van der Waals surface area (Å²) in [6.45, 7) is 5.52. The first kappa shape index (κ1) is 13.9. The summed E-state index contributed by atoms with van der Waals surface area (Å²) >= 11 is 0. The van der Waals surface area contributed by atoms with Crippen LogP contribution in [0, 0.1) is 0 Å². The zero-order valence-electron chi connectivity index (χ0n) is 12.4. The quantitative estimate of drug-likeness (QED) is 0.941. The highest BCUT2D eigenvalue weighted by Gasteiger charge is 2.28. The summed E-state index contributed by atoms with van der Waals surface area (Å²) in [7, 11) is 0. The van der Waals surface area contributed by atoms with Crippen molar-refractivity contribution < 1.29 is 9.32 Å². The molecule has 1 atom stereocenters. The molecule has 0 aromatic carbocycles. The molecular weight excluding hydrogens is 268 g/mol. The van der Waals surface area contributed by atoms with Crippen LogP contribution >= 0.6 is 0 Å². The van der Waals surface area contributed by atoms with Crippen LogP contribution in [0.5, 0.6) is 0 Å². The van der Waals surface area contributed by atoms with Gasteiger partial charge in [-0.05, 0) is 24.8 Å². The maximum Gasteiger partial charge on any atom is 0.292 e. The number of piperidine rings is 1. The summed E-state index contributed by atoms with van der Waals surface area (Å²) in [4.78, 5) is 14.4. The Hall–Kier alpha value is -2.11. The fourth-order valence-corrected chi connectivity index (χ4v) is 2.73. The number of carbonyl (C=O) groups is 1. The predicted octanol–water partition coefficient (Wildman–Crippen LogP) is 2.54. The van der Waals surface area contributed by atoms with Gasteiger partial charge >= 0.3 is 0 Å². The highest BCUT2D eigenvalue weighted by Crippen LogP contribution is 2.26. The first-order chi connectivity index (χ1) is 10.1. The lowest BCUT2D eigenvalue weighted by Crippen LogP contribution is -2.39. The van der Waals surface area contributed by atoms with Gasteiger partial charge in [0, 0.05) is 37.0 Å². The Morgan fingerprint density at radius 3 is 3.05 bits per heavy atom. The third-order valence-corrected chi connectivity index (χ3v) is 4.00. The summed E-state index contributed by atoms with van der Waals surface area (Å²) in [5, 5.41) is 11.0. The number of nitrogens with zero attached hydrogens (tertiary/aromatic N) is 3. The van der Waals surface area contributed by atoms with E-state index >= 15 is 0 Å². The van der Waals surface area contributed by atoms with Crippen LogP contribution in [0.2, 0.25) is 0 Å². The van der Waals surface area contributed by atoms with E-state index in [1.165, 1.54) is 0 Å². The van der Waals surface area contributed by atoms with Crippen molar-refractivity contribution >= 4 is 5.91 Å². The van der Waals surface area contributed by atoms with Crippen LogP contribution in [0.15, 0.2) is 22.9 Å². The molecular formula is C15H20N4O2. The number of hydrogen-bond acceptors (Lipinski definition) is 4. The Bertz CT molecular complexity index is 603. The van der Waals surface area contributed by atoms with Crippen LogP contribution in [0.4, 0.5) is 0 Å². The van der Waals surface area contributed by atoms with Gasteiger partial charge in [0.25, 0.3) is 5.91 Å². The molecule has 6 heteroatoms. The van der Waals surface area contributed by atoms with Gasteiger partial charge in [0.05, 0.1) is 5.69 Å². The molecule has 3 heterocycles.